The fourth-order valence-electron chi connectivity index (χ4n) is 2.27. The van der Waals surface area contributed by atoms with Crippen LogP contribution in [0, 0.1) is 0 Å². The molecule has 0 aliphatic rings. The Labute approximate surface area is 135 Å². The van der Waals surface area contributed by atoms with Gasteiger partial charge in [-0.1, -0.05) is 56.5 Å². The Morgan fingerprint density at radius 1 is 1.00 bits per heavy atom. The molecule has 0 saturated carbocycles. The molecule has 2 aromatic carbocycles. The number of halogens is 1. The van der Waals surface area contributed by atoms with Gasteiger partial charge in [0.2, 0.25) is 0 Å². The van der Waals surface area contributed by atoms with E-state index in [4.69, 9.17) is 10.5 Å². The Bertz CT molecular complexity index is 546. The molecule has 2 nitrogen and oxygen atoms in total. The second-order valence-corrected chi connectivity index (χ2v) is 6.01. The van der Waals surface area contributed by atoms with Crippen LogP contribution in [0.15, 0.2) is 46.9 Å². The molecule has 2 rings (SSSR count). The van der Waals surface area contributed by atoms with E-state index in [0.717, 1.165) is 27.8 Å². The first kappa shape index (κ1) is 15.9. The minimum atomic E-state index is 0.679. The number of ether oxygens (including phenoxy) is 1. The third-order valence-electron chi connectivity index (χ3n) is 3.42. The Kier molecular flexibility index (Phi) is 6.12. The fraction of sp³-hybridized carbons (Fsp3) is 0.333. The average molecular weight is 348 g/mol. The summed E-state index contributed by atoms with van der Waals surface area (Å²) in [6.07, 6.45) is 4.76. The van der Waals surface area contributed by atoms with E-state index in [9.17, 15) is 0 Å². The standard InChI is InChI=1S/C18H22BrNO/c1-2-3-4-8-11-21-18-16(19)12-15(13-17(18)20)14-9-6-5-7-10-14/h5-7,9-10,12-13H,2-4,8,11,20H2,1H3. The lowest BCUT2D eigenvalue weighted by molar-refractivity contribution is 0.305. The van der Waals surface area contributed by atoms with Gasteiger partial charge in [0.05, 0.1) is 16.8 Å². The van der Waals surface area contributed by atoms with E-state index in [1.807, 2.05) is 24.3 Å². The van der Waals surface area contributed by atoms with Crippen molar-refractivity contribution < 1.29 is 4.74 Å². The van der Waals surface area contributed by atoms with Crippen molar-refractivity contribution in [1.29, 1.82) is 0 Å². The average Bonchev–Trinajstić information content (AvgIpc) is 2.50. The first-order chi connectivity index (χ1) is 10.2. The van der Waals surface area contributed by atoms with Gasteiger partial charge in [-0.2, -0.15) is 0 Å². The molecule has 0 fully saturated rings. The monoisotopic (exact) mass is 347 g/mol. The molecule has 0 radical (unpaired) electrons. The van der Waals surface area contributed by atoms with Gasteiger partial charge in [-0.3, -0.25) is 0 Å². The molecule has 0 amide bonds. The maximum absolute atomic E-state index is 6.15. The van der Waals surface area contributed by atoms with E-state index in [-0.39, 0.29) is 0 Å². The number of nitrogens with two attached hydrogens (primary N) is 1. The molecule has 2 aromatic rings. The van der Waals surface area contributed by atoms with Gasteiger partial charge in [0, 0.05) is 0 Å². The minimum Gasteiger partial charge on any atom is -0.490 e. The number of anilines is 1. The van der Waals surface area contributed by atoms with E-state index in [1.54, 1.807) is 0 Å². The molecule has 2 N–H and O–H groups in total. The van der Waals surface area contributed by atoms with Gasteiger partial charge in [0.15, 0.2) is 5.75 Å². The Morgan fingerprint density at radius 2 is 1.76 bits per heavy atom. The van der Waals surface area contributed by atoms with Gasteiger partial charge >= 0.3 is 0 Å². The molecule has 0 atom stereocenters. The largest absolute Gasteiger partial charge is 0.490 e. The maximum Gasteiger partial charge on any atom is 0.156 e. The number of benzene rings is 2. The van der Waals surface area contributed by atoms with Crippen LogP contribution in [0.4, 0.5) is 5.69 Å². The second kappa shape index (κ2) is 8.08. The Hall–Kier alpha value is -1.48. The second-order valence-electron chi connectivity index (χ2n) is 5.15. The number of nitrogen functional groups attached to an aromatic ring is 1. The van der Waals surface area contributed by atoms with Gasteiger partial charge in [-0.25, -0.2) is 0 Å². The van der Waals surface area contributed by atoms with E-state index < -0.39 is 0 Å². The number of unbranched alkanes of at least 4 members (excludes halogenated alkanes) is 3. The zero-order valence-corrected chi connectivity index (χ0v) is 14.0. The zero-order valence-electron chi connectivity index (χ0n) is 12.4. The highest BCUT2D eigenvalue weighted by molar-refractivity contribution is 9.10. The molecule has 0 aromatic heterocycles. The fourth-order valence-corrected chi connectivity index (χ4v) is 2.86. The van der Waals surface area contributed by atoms with Crippen LogP contribution in [0.5, 0.6) is 5.75 Å². The Morgan fingerprint density at radius 3 is 2.43 bits per heavy atom. The lowest BCUT2D eigenvalue weighted by Crippen LogP contribution is -2.01. The summed E-state index contributed by atoms with van der Waals surface area (Å²) in [5.74, 6) is 0.756. The summed E-state index contributed by atoms with van der Waals surface area (Å²) in [5.41, 5.74) is 9.07. The molecular formula is C18H22BrNO. The molecular weight excluding hydrogens is 326 g/mol. The smallest absolute Gasteiger partial charge is 0.156 e. The maximum atomic E-state index is 6.15. The first-order valence-corrected chi connectivity index (χ1v) is 8.29. The predicted molar refractivity (Wildman–Crippen MR) is 93.6 cm³/mol. The minimum absolute atomic E-state index is 0.679. The van der Waals surface area contributed by atoms with Crippen LogP contribution in [0.2, 0.25) is 0 Å². The van der Waals surface area contributed by atoms with Crippen molar-refractivity contribution in [2.75, 3.05) is 12.3 Å². The topological polar surface area (TPSA) is 35.2 Å². The summed E-state index contributed by atoms with van der Waals surface area (Å²) in [4.78, 5) is 0. The van der Waals surface area contributed by atoms with Gasteiger partial charge in [0.1, 0.15) is 0 Å². The van der Waals surface area contributed by atoms with Crippen molar-refractivity contribution in [3.63, 3.8) is 0 Å². The predicted octanol–water partition coefficient (Wildman–Crippen LogP) is 5.66. The first-order valence-electron chi connectivity index (χ1n) is 7.49. The summed E-state index contributed by atoms with van der Waals surface area (Å²) < 4.78 is 6.75. The van der Waals surface area contributed by atoms with Crippen molar-refractivity contribution >= 4 is 21.6 Å². The number of rotatable bonds is 7. The molecule has 0 aliphatic heterocycles. The van der Waals surface area contributed by atoms with Crippen molar-refractivity contribution in [2.24, 2.45) is 0 Å². The number of hydrogen-bond acceptors (Lipinski definition) is 2. The molecule has 0 unspecified atom stereocenters. The van der Waals surface area contributed by atoms with Gasteiger partial charge in [0.25, 0.3) is 0 Å². The van der Waals surface area contributed by atoms with E-state index in [2.05, 4.69) is 41.1 Å². The molecule has 0 aliphatic carbocycles. The summed E-state index contributed by atoms with van der Waals surface area (Å²) >= 11 is 3.57. The number of hydrogen-bond donors (Lipinski definition) is 1. The molecule has 21 heavy (non-hydrogen) atoms. The van der Waals surface area contributed by atoms with Crippen molar-refractivity contribution in [1.82, 2.24) is 0 Å². The molecule has 3 heteroatoms. The van der Waals surface area contributed by atoms with Crippen molar-refractivity contribution in [3.05, 3.63) is 46.9 Å². The van der Waals surface area contributed by atoms with Gasteiger partial charge < -0.3 is 10.5 Å². The summed E-state index contributed by atoms with van der Waals surface area (Å²) in [7, 11) is 0. The molecule has 112 valence electrons. The third kappa shape index (κ3) is 4.50. The van der Waals surface area contributed by atoms with Crippen molar-refractivity contribution in [3.8, 4) is 16.9 Å². The van der Waals surface area contributed by atoms with Gasteiger partial charge in [-0.05, 0) is 45.6 Å². The van der Waals surface area contributed by atoms with E-state index >= 15 is 0 Å². The van der Waals surface area contributed by atoms with Gasteiger partial charge in [-0.15, -0.1) is 0 Å². The lowest BCUT2D eigenvalue weighted by atomic mass is 10.1. The van der Waals surface area contributed by atoms with E-state index in [0.29, 0.717) is 12.3 Å². The highest BCUT2D eigenvalue weighted by Gasteiger charge is 2.09. The van der Waals surface area contributed by atoms with E-state index in [1.165, 1.54) is 19.3 Å². The highest BCUT2D eigenvalue weighted by Crippen LogP contribution is 2.36. The van der Waals surface area contributed by atoms with Crippen LogP contribution in [0.3, 0.4) is 0 Å². The zero-order chi connectivity index (χ0) is 15.1. The van der Waals surface area contributed by atoms with Crippen LogP contribution >= 0.6 is 15.9 Å². The lowest BCUT2D eigenvalue weighted by Gasteiger charge is -2.13. The molecule has 0 heterocycles. The highest BCUT2D eigenvalue weighted by atomic mass is 79.9. The summed E-state index contributed by atoms with van der Waals surface area (Å²) in [5, 5.41) is 0. The molecule has 0 spiro atoms. The quantitative estimate of drug-likeness (QED) is 0.518. The summed E-state index contributed by atoms with van der Waals surface area (Å²) in [6, 6.07) is 14.2. The van der Waals surface area contributed by atoms with Crippen LogP contribution in [0.25, 0.3) is 11.1 Å². The van der Waals surface area contributed by atoms with Crippen LogP contribution < -0.4 is 10.5 Å². The molecule has 0 bridgehead atoms. The van der Waals surface area contributed by atoms with Crippen LogP contribution in [0.1, 0.15) is 32.6 Å². The van der Waals surface area contributed by atoms with Crippen LogP contribution in [-0.2, 0) is 0 Å². The normalized spacial score (nSPS) is 10.6. The third-order valence-corrected chi connectivity index (χ3v) is 4.01. The molecule has 0 saturated heterocycles. The van der Waals surface area contributed by atoms with Crippen molar-refractivity contribution in [2.45, 2.75) is 32.6 Å². The summed E-state index contributed by atoms with van der Waals surface area (Å²) in [6.45, 7) is 2.92. The van der Waals surface area contributed by atoms with Crippen LogP contribution in [-0.4, -0.2) is 6.61 Å². The SMILES string of the molecule is CCCCCCOc1c(N)cc(-c2ccccc2)cc1Br. The Balaban J connectivity index is 2.07.